The van der Waals surface area contributed by atoms with Gasteiger partial charge in [0.05, 0.1) is 16.9 Å². The van der Waals surface area contributed by atoms with Crippen LogP contribution in [0.2, 0.25) is 0 Å². The first kappa shape index (κ1) is 15.1. The van der Waals surface area contributed by atoms with E-state index in [0.29, 0.717) is 4.31 Å². The molecule has 2 amide bonds. The van der Waals surface area contributed by atoms with Crippen molar-refractivity contribution in [2.75, 3.05) is 13.1 Å². The van der Waals surface area contributed by atoms with Crippen LogP contribution in [0.25, 0.3) is 0 Å². The molecular weight excluding hydrogens is 376 g/mol. The number of imide groups is 1. The highest BCUT2D eigenvalue weighted by Gasteiger charge is 2.35. The first-order valence-electron chi connectivity index (χ1n) is 5.07. The number of halogens is 1. The second-order valence-corrected chi connectivity index (χ2v) is 8.07. The van der Waals surface area contributed by atoms with E-state index in [1.165, 1.54) is 0 Å². The maximum atomic E-state index is 12.3. The standard InChI is InChI=1S/C9H7BrN2O6S2/c10-8-5(1-4(19-8)9(15)16)20(17,18)12-2-6(13)11-7(14)3-12/h1H,2-3H2,(H,15,16)(H,11,13,14). The van der Waals surface area contributed by atoms with Gasteiger partial charge in [-0.3, -0.25) is 14.9 Å². The lowest BCUT2D eigenvalue weighted by Gasteiger charge is -2.24. The second-order valence-electron chi connectivity index (χ2n) is 3.80. The van der Waals surface area contributed by atoms with E-state index in [2.05, 4.69) is 15.9 Å². The maximum absolute atomic E-state index is 12.3. The zero-order chi connectivity index (χ0) is 15.1. The van der Waals surface area contributed by atoms with Gasteiger partial charge in [-0.15, -0.1) is 11.3 Å². The molecule has 11 heteroatoms. The molecule has 0 bridgehead atoms. The highest BCUT2D eigenvalue weighted by molar-refractivity contribution is 9.11. The van der Waals surface area contributed by atoms with Crippen LogP contribution in [0.5, 0.6) is 0 Å². The Morgan fingerprint density at radius 3 is 2.35 bits per heavy atom. The molecule has 1 aliphatic rings. The molecule has 8 nitrogen and oxygen atoms in total. The normalized spacial score (nSPS) is 17.1. The number of carboxylic acid groups (broad SMARTS) is 1. The number of hydrogen-bond acceptors (Lipinski definition) is 6. The predicted octanol–water partition coefficient (Wildman–Crippen LogP) is -0.144. The fraction of sp³-hybridized carbons (Fsp3) is 0.222. The summed E-state index contributed by atoms with van der Waals surface area (Å²) in [5.74, 6) is -2.71. The Hall–Kier alpha value is -1.30. The number of nitrogens with zero attached hydrogens (tertiary/aromatic N) is 1. The van der Waals surface area contributed by atoms with Crippen molar-refractivity contribution in [1.82, 2.24) is 9.62 Å². The van der Waals surface area contributed by atoms with Crippen molar-refractivity contribution < 1.29 is 27.9 Å². The molecule has 0 unspecified atom stereocenters. The minimum Gasteiger partial charge on any atom is -0.477 e. The van der Waals surface area contributed by atoms with Crippen LogP contribution in [-0.2, 0) is 19.6 Å². The number of carboxylic acids is 1. The average Bonchev–Trinajstić information content (AvgIpc) is 2.71. The van der Waals surface area contributed by atoms with E-state index in [-0.39, 0.29) is 13.6 Å². The molecule has 2 heterocycles. The Balaban J connectivity index is 2.42. The molecule has 0 saturated carbocycles. The third-order valence-corrected chi connectivity index (χ3v) is 6.43. The lowest BCUT2D eigenvalue weighted by atomic mass is 10.4. The van der Waals surface area contributed by atoms with Crippen molar-refractivity contribution in [3.63, 3.8) is 0 Å². The summed E-state index contributed by atoms with van der Waals surface area (Å²) < 4.78 is 25.4. The number of amides is 2. The van der Waals surface area contributed by atoms with Gasteiger partial charge < -0.3 is 5.11 Å². The number of aromatic carboxylic acids is 1. The smallest absolute Gasteiger partial charge is 0.345 e. The molecule has 2 rings (SSSR count). The minimum atomic E-state index is -4.12. The number of rotatable bonds is 3. The summed E-state index contributed by atoms with van der Waals surface area (Å²) >= 11 is 3.72. The number of carbonyl (C=O) groups excluding carboxylic acids is 2. The minimum absolute atomic E-state index is 0.105. The van der Waals surface area contributed by atoms with Gasteiger partial charge >= 0.3 is 5.97 Å². The quantitative estimate of drug-likeness (QED) is 0.701. The van der Waals surface area contributed by atoms with E-state index < -0.39 is 40.9 Å². The molecule has 20 heavy (non-hydrogen) atoms. The zero-order valence-corrected chi connectivity index (χ0v) is 12.8. The van der Waals surface area contributed by atoms with Gasteiger partial charge in [0.2, 0.25) is 21.8 Å². The molecule has 0 aliphatic carbocycles. The monoisotopic (exact) mass is 382 g/mol. The van der Waals surface area contributed by atoms with E-state index in [4.69, 9.17) is 5.11 Å². The van der Waals surface area contributed by atoms with Gasteiger partial charge in [0.25, 0.3) is 0 Å². The lowest BCUT2D eigenvalue weighted by Crippen LogP contribution is -2.53. The predicted molar refractivity (Wildman–Crippen MR) is 70.9 cm³/mol. The Bertz CT molecular complexity index is 694. The number of hydrogen-bond donors (Lipinski definition) is 2. The van der Waals surface area contributed by atoms with Gasteiger partial charge in [-0.1, -0.05) is 0 Å². The number of piperazine rings is 1. The summed E-state index contributed by atoms with van der Waals surface area (Å²) in [5, 5.41) is 10.8. The van der Waals surface area contributed by atoms with Crippen LogP contribution in [-0.4, -0.2) is 48.7 Å². The van der Waals surface area contributed by atoms with Crippen molar-refractivity contribution in [3.05, 3.63) is 14.7 Å². The molecule has 1 aromatic heterocycles. The summed E-state index contributed by atoms with van der Waals surface area (Å²) in [5.41, 5.74) is 0. The number of carbonyl (C=O) groups is 3. The third kappa shape index (κ3) is 2.75. The highest BCUT2D eigenvalue weighted by Crippen LogP contribution is 2.33. The Morgan fingerprint density at radius 1 is 1.35 bits per heavy atom. The van der Waals surface area contributed by atoms with E-state index in [0.717, 1.165) is 17.4 Å². The van der Waals surface area contributed by atoms with Crippen molar-refractivity contribution in [1.29, 1.82) is 0 Å². The Morgan fingerprint density at radius 2 is 1.90 bits per heavy atom. The topological polar surface area (TPSA) is 121 Å². The van der Waals surface area contributed by atoms with E-state index in [1.54, 1.807) is 0 Å². The molecule has 2 N–H and O–H groups in total. The molecule has 1 aliphatic heterocycles. The third-order valence-electron chi connectivity index (χ3n) is 2.40. The van der Waals surface area contributed by atoms with Crippen molar-refractivity contribution in [2.45, 2.75) is 4.90 Å². The van der Waals surface area contributed by atoms with Crippen molar-refractivity contribution in [2.24, 2.45) is 0 Å². The number of thiophene rings is 1. The summed E-state index contributed by atoms with van der Waals surface area (Å²) in [6.45, 7) is -0.975. The fourth-order valence-corrected chi connectivity index (χ4v) is 5.26. The van der Waals surface area contributed by atoms with Crippen LogP contribution in [0, 0.1) is 0 Å². The molecule has 1 fully saturated rings. The van der Waals surface area contributed by atoms with Crippen molar-refractivity contribution in [3.8, 4) is 0 Å². The van der Waals surface area contributed by atoms with Crippen LogP contribution in [0.3, 0.4) is 0 Å². The van der Waals surface area contributed by atoms with E-state index in [1.807, 2.05) is 5.32 Å². The molecule has 0 atom stereocenters. The zero-order valence-electron chi connectivity index (χ0n) is 9.62. The lowest BCUT2D eigenvalue weighted by molar-refractivity contribution is -0.134. The molecule has 0 spiro atoms. The van der Waals surface area contributed by atoms with E-state index in [9.17, 15) is 22.8 Å². The first-order valence-corrected chi connectivity index (χ1v) is 8.12. The SMILES string of the molecule is O=C1CN(S(=O)(=O)c2cc(C(=O)O)sc2Br)CC(=O)N1. The van der Waals surface area contributed by atoms with Crippen LogP contribution in [0.15, 0.2) is 14.7 Å². The molecular formula is C9H7BrN2O6S2. The molecule has 1 aromatic rings. The summed E-state index contributed by atoms with van der Waals surface area (Å²) in [6.07, 6.45) is 0. The number of sulfonamides is 1. The van der Waals surface area contributed by atoms with Gasteiger partial charge in [0, 0.05) is 0 Å². The molecule has 1 saturated heterocycles. The van der Waals surface area contributed by atoms with Crippen LogP contribution < -0.4 is 5.32 Å². The highest BCUT2D eigenvalue weighted by atomic mass is 79.9. The van der Waals surface area contributed by atoms with Gasteiger partial charge in [-0.2, -0.15) is 4.31 Å². The van der Waals surface area contributed by atoms with E-state index >= 15 is 0 Å². The van der Waals surface area contributed by atoms with Crippen LogP contribution >= 0.6 is 27.3 Å². The summed E-state index contributed by atoms with van der Waals surface area (Å²) in [4.78, 5) is 32.8. The molecule has 0 radical (unpaired) electrons. The second kappa shape index (κ2) is 5.24. The average molecular weight is 383 g/mol. The van der Waals surface area contributed by atoms with Crippen LogP contribution in [0.4, 0.5) is 0 Å². The summed E-state index contributed by atoms with van der Waals surface area (Å²) in [7, 11) is -4.12. The maximum Gasteiger partial charge on any atom is 0.345 e. The van der Waals surface area contributed by atoms with Gasteiger partial charge in [-0.25, -0.2) is 13.2 Å². The largest absolute Gasteiger partial charge is 0.477 e. The van der Waals surface area contributed by atoms with Gasteiger partial charge in [0.15, 0.2) is 0 Å². The molecule has 0 aromatic carbocycles. The first-order chi connectivity index (χ1) is 9.21. The van der Waals surface area contributed by atoms with Crippen LogP contribution in [0.1, 0.15) is 9.67 Å². The van der Waals surface area contributed by atoms with Gasteiger partial charge in [-0.05, 0) is 22.0 Å². The molecule has 108 valence electrons. The van der Waals surface area contributed by atoms with Gasteiger partial charge in [0.1, 0.15) is 9.77 Å². The Labute approximate surface area is 125 Å². The Kier molecular flexibility index (Phi) is 3.95. The fourth-order valence-electron chi connectivity index (χ4n) is 1.55. The summed E-state index contributed by atoms with van der Waals surface area (Å²) in [6, 6.07) is 0.989. The van der Waals surface area contributed by atoms with Crippen molar-refractivity contribution >= 4 is 55.1 Å². The number of nitrogens with one attached hydrogen (secondary N) is 1.